The number of ether oxygens (including phenoxy) is 2. The third-order valence-electron chi connectivity index (χ3n) is 2.35. The monoisotopic (exact) mass is 281 g/mol. The van der Waals surface area contributed by atoms with Gasteiger partial charge in [-0.2, -0.15) is 0 Å². The fourth-order valence-electron chi connectivity index (χ4n) is 1.47. The Bertz CT molecular complexity index is 526. The molecule has 0 bridgehead atoms. The van der Waals surface area contributed by atoms with Crippen LogP contribution in [-0.2, 0) is 14.3 Å². The van der Waals surface area contributed by atoms with Gasteiger partial charge in [0.1, 0.15) is 13.0 Å². The molecule has 0 amide bonds. The van der Waals surface area contributed by atoms with Crippen LogP contribution in [0, 0.1) is 17.0 Å². The van der Waals surface area contributed by atoms with Gasteiger partial charge in [0.05, 0.1) is 11.5 Å². The van der Waals surface area contributed by atoms with E-state index in [2.05, 4.69) is 4.74 Å². The van der Waals surface area contributed by atoms with E-state index in [0.717, 1.165) is 5.56 Å². The number of benzene rings is 1. The molecule has 20 heavy (non-hydrogen) atoms. The van der Waals surface area contributed by atoms with E-state index in [9.17, 15) is 19.7 Å². The Kier molecular flexibility index (Phi) is 5.64. The Labute approximate surface area is 115 Å². The molecule has 0 unspecified atom stereocenters. The van der Waals surface area contributed by atoms with Crippen molar-refractivity contribution < 1.29 is 24.0 Å². The molecule has 0 saturated heterocycles. The standard InChI is InChI=1S/C13H15NO6/c1-3-19-13(16)7-10(15)8-20-12-6-9(2)4-5-11(12)14(17)18/h4-6H,3,7-8H2,1-2H3. The number of ketones is 1. The van der Waals surface area contributed by atoms with Crippen molar-refractivity contribution in [2.24, 2.45) is 0 Å². The van der Waals surface area contributed by atoms with Crippen LogP contribution in [0.2, 0.25) is 0 Å². The van der Waals surface area contributed by atoms with Crippen molar-refractivity contribution in [3.63, 3.8) is 0 Å². The lowest BCUT2D eigenvalue weighted by Gasteiger charge is -2.07. The number of hydrogen-bond acceptors (Lipinski definition) is 6. The third-order valence-corrected chi connectivity index (χ3v) is 2.35. The third kappa shape index (κ3) is 4.68. The number of nitro groups is 1. The predicted molar refractivity (Wildman–Crippen MR) is 69.6 cm³/mol. The first kappa shape index (κ1) is 15.6. The molecule has 0 fully saturated rings. The zero-order valence-electron chi connectivity index (χ0n) is 11.3. The Morgan fingerprint density at radius 1 is 1.35 bits per heavy atom. The highest BCUT2D eigenvalue weighted by atomic mass is 16.6. The zero-order chi connectivity index (χ0) is 15.1. The van der Waals surface area contributed by atoms with Gasteiger partial charge < -0.3 is 9.47 Å². The molecule has 0 heterocycles. The van der Waals surface area contributed by atoms with Crippen molar-refractivity contribution >= 4 is 17.4 Å². The molecular formula is C13H15NO6. The molecular weight excluding hydrogens is 266 g/mol. The molecule has 0 aromatic heterocycles. The van der Waals surface area contributed by atoms with Crippen molar-refractivity contribution in [3.05, 3.63) is 33.9 Å². The maximum absolute atomic E-state index is 11.5. The molecule has 7 heteroatoms. The summed E-state index contributed by atoms with van der Waals surface area (Å²) in [5.74, 6) is -1.13. The highest BCUT2D eigenvalue weighted by Gasteiger charge is 2.17. The minimum atomic E-state index is -0.639. The molecule has 1 aromatic rings. The van der Waals surface area contributed by atoms with E-state index >= 15 is 0 Å². The second-order valence-electron chi connectivity index (χ2n) is 4.04. The molecule has 1 aromatic carbocycles. The second kappa shape index (κ2) is 7.22. The summed E-state index contributed by atoms with van der Waals surface area (Å²) in [5.41, 5.74) is 0.544. The molecule has 108 valence electrons. The van der Waals surface area contributed by atoms with Gasteiger partial charge in [0.2, 0.25) is 0 Å². The van der Waals surface area contributed by atoms with Crippen molar-refractivity contribution in [1.82, 2.24) is 0 Å². The lowest BCUT2D eigenvalue weighted by atomic mass is 10.2. The van der Waals surface area contributed by atoms with Crippen LogP contribution in [-0.4, -0.2) is 29.9 Å². The largest absolute Gasteiger partial charge is 0.479 e. The van der Waals surface area contributed by atoms with E-state index in [0.29, 0.717) is 0 Å². The van der Waals surface area contributed by atoms with Crippen LogP contribution in [0.4, 0.5) is 5.69 Å². The number of carbonyl (C=O) groups excluding carboxylic acids is 2. The topological polar surface area (TPSA) is 95.7 Å². The summed E-state index contributed by atoms with van der Waals surface area (Å²) in [6.45, 7) is 3.16. The first-order valence-electron chi connectivity index (χ1n) is 5.99. The van der Waals surface area contributed by atoms with Crippen LogP contribution < -0.4 is 4.74 Å². The van der Waals surface area contributed by atoms with E-state index in [-0.39, 0.29) is 18.0 Å². The Balaban J connectivity index is 2.65. The highest BCUT2D eigenvalue weighted by Crippen LogP contribution is 2.27. The molecule has 0 spiro atoms. The number of aryl methyl sites for hydroxylation is 1. The zero-order valence-corrected chi connectivity index (χ0v) is 11.3. The van der Waals surface area contributed by atoms with E-state index in [1.807, 2.05) is 0 Å². The van der Waals surface area contributed by atoms with Crippen molar-refractivity contribution in [3.8, 4) is 5.75 Å². The molecule has 7 nitrogen and oxygen atoms in total. The average Bonchev–Trinajstić information content (AvgIpc) is 2.36. The Morgan fingerprint density at radius 3 is 2.65 bits per heavy atom. The molecule has 1 rings (SSSR count). The van der Waals surface area contributed by atoms with Gasteiger partial charge in [-0.15, -0.1) is 0 Å². The maximum atomic E-state index is 11.5. The molecule has 0 aliphatic heterocycles. The van der Waals surface area contributed by atoms with E-state index in [1.54, 1.807) is 19.9 Å². The maximum Gasteiger partial charge on any atom is 0.313 e. The summed E-state index contributed by atoms with van der Waals surface area (Å²) in [6.07, 6.45) is -0.409. The normalized spacial score (nSPS) is 9.90. The predicted octanol–water partition coefficient (Wildman–Crippen LogP) is 1.80. The van der Waals surface area contributed by atoms with Crippen LogP contribution in [0.25, 0.3) is 0 Å². The van der Waals surface area contributed by atoms with Gasteiger partial charge in [-0.25, -0.2) is 0 Å². The first-order chi connectivity index (χ1) is 9.43. The first-order valence-corrected chi connectivity index (χ1v) is 5.99. The van der Waals surface area contributed by atoms with Gasteiger partial charge >= 0.3 is 11.7 Å². The lowest BCUT2D eigenvalue weighted by molar-refractivity contribution is -0.385. The smallest absolute Gasteiger partial charge is 0.313 e. The van der Waals surface area contributed by atoms with E-state index in [4.69, 9.17) is 4.74 Å². The average molecular weight is 281 g/mol. The summed E-state index contributed by atoms with van der Waals surface area (Å²) in [5, 5.41) is 10.8. The fraction of sp³-hybridized carbons (Fsp3) is 0.385. The molecule has 0 N–H and O–H groups in total. The van der Waals surface area contributed by atoms with Gasteiger partial charge in [-0.1, -0.05) is 6.07 Å². The minimum Gasteiger partial charge on any atom is -0.479 e. The molecule has 0 aliphatic carbocycles. The van der Waals surface area contributed by atoms with Crippen LogP contribution in [0.3, 0.4) is 0 Å². The van der Waals surface area contributed by atoms with Crippen molar-refractivity contribution in [2.75, 3.05) is 13.2 Å². The number of nitrogens with zero attached hydrogens (tertiary/aromatic N) is 1. The van der Waals surface area contributed by atoms with Crippen LogP contribution in [0.5, 0.6) is 5.75 Å². The number of hydrogen-bond donors (Lipinski definition) is 0. The Hall–Kier alpha value is -2.44. The van der Waals surface area contributed by atoms with E-state index in [1.165, 1.54) is 12.1 Å². The van der Waals surface area contributed by atoms with Crippen LogP contribution in [0.1, 0.15) is 18.9 Å². The van der Waals surface area contributed by atoms with Gasteiger partial charge in [0.15, 0.2) is 11.5 Å². The van der Waals surface area contributed by atoms with Crippen LogP contribution >= 0.6 is 0 Å². The van der Waals surface area contributed by atoms with Crippen molar-refractivity contribution in [1.29, 1.82) is 0 Å². The molecule has 0 atom stereocenters. The number of esters is 1. The van der Waals surface area contributed by atoms with Gasteiger partial charge in [-0.05, 0) is 25.5 Å². The number of rotatable bonds is 7. The minimum absolute atomic E-state index is 0.00667. The lowest BCUT2D eigenvalue weighted by Crippen LogP contribution is -2.17. The van der Waals surface area contributed by atoms with Gasteiger partial charge in [0, 0.05) is 6.07 Å². The van der Waals surface area contributed by atoms with Crippen molar-refractivity contribution in [2.45, 2.75) is 20.3 Å². The number of nitro benzene ring substituents is 1. The summed E-state index contributed by atoms with van der Waals surface area (Å²) < 4.78 is 9.74. The quantitative estimate of drug-likeness (QED) is 0.327. The van der Waals surface area contributed by atoms with Gasteiger partial charge in [0.25, 0.3) is 0 Å². The molecule has 0 aliphatic rings. The molecule has 0 saturated carbocycles. The number of carbonyl (C=O) groups is 2. The molecule has 0 radical (unpaired) electrons. The fourth-order valence-corrected chi connectivity index (χ4v) is 1.47. The highest BCUT2D eigenvalue weighted by molar-refractivity contribution is 5.96. The SMILES string of the molecule is CCOC(=O)CC(=O)COc1cc(C)ccc1[N+](=O)[O-]. The second-order valence-corrected chi connectivity index (χ2v) is 4.04. The van der Waals surface area contributed by atoms with E-state index < -0.39 is 29.7 Å². The Morgan fingerprint density at radius 2 is 2.05 bits per heavy atom. The number of Topliss-reactive ketones (excluding diaryl/α,β-unsaturated/α-hetero) is 1. The summed E-state index contributed by atoms with van der Waals surface area (Å²) in [7, 11) is 0. The van der Waals surface area contributed by atoms with Crippen LogP contribution in [0.15, 0.2) is 18.2 Å². The van der Waals surface area contributed by atoms with Gasteiger partial charge in [-0.3, -0.25) is 19.7 Å². The summed E-state index contributed by atoms with van der Waals surface area (Å²) in [4.78, 5) is 32.8. The summed E-state index contributed by atoms with van der Waals surface area (Å²) >= 11 is 0. The summed E-state index contributed by atoms with van der Waals surface area (Å²) in [6, 6.07) is 4.35.